The summed E-state index contributed by atoms with van der Waals surface area (Å²) in [5.74, 6) is 0.341. The Bertz CT molecular complexity index is 637. The Morgan fingerprint density at radius 1 is 1.50 bits per heavy atom. The number of halogens is 1. The highest BCUT2D eigenvalue weighted by Crippen LogP contribution is 2.29. The van der Waals surface area contributed by atoms with Crippen molar-refractivity contribution in [2.75, 3.05) is 40.0 Å². The SMILES string of the molecule is COCCN1CCC(c2ncc3cn(PC)nc3n2)C(F)C1. The van der Waals surface area contributed by atoms with Crippen LogP contribution in [0.15, 0.2) is 12.4 Å². The van der Waals surface area contributed by atoms with Crippen LogP contribution in [-0.2, 0) is 4.74 Å². The Balaban J connectivity index is 1.74. The Morgan fingerprint density at radius 2 is 2.36 bits per heavy atom. The molecule has 3 unspecified atom stereocenters. The number of hydrogen-bond donors (Lipinski definition) is 0. The van der Waals surface area contributed by atoms with Gasteiger partial charge in [0.1, 0.15) is 12.0 Å². The maximum atomic E-state index is 14.5. The predicted molar refractivity (Wildman–Crippen MR) is 85.5 cm³/mol. The van der Waals surface area contributed by atoms with Crippen molar-refractivity contribution >= 4 is 19.8 Å². The van der Waals surface area contributed by atoms with Crippen LogP contribution in [0, 0.1) is 0 Å². The monoisotopic (exact) mass is 325 g/mol. The van der Waals surface area contributed by atoms with Gasteiger partial charge in [0.25, 0.3) is 0 Å². The summed E-state index contributed by atoms with van der Waals surface area (Å²) < 4.78 is 21.4. The van der Waals surface area contributed by atoms with Gasteiger partial charge < -0.3 is 4.74 Å². The number of piperidine rings is 1. The minimum absolute atomic E-state index is 0.238. The summed E-state index contributed by atoms with van der Waals surface area (Å²) >= 11 is 0. The molecular formula is C14H21FN5OP. The molecule has 22 heavy (non-hydrogen) atoms. The van der Waals surface area contributed by atoms with E-state index in [2.05, 4.69) is 20.0 Å². The molecule has 0 spiro atoms. The van der Waals surface area contributed by atoms with E-state index < -0.39 is 6.17 Å². The summed E-state index contributed by atoms with van der Waals surface area (Å²) in [5, 5.41) is 5.30. The van der Waals surface area contributed by atoms with Crippen LogP contribution in [0.3, 0.4) is 0 Å². The maximum Gasteiger partial charge on any atom is 0.184 e. The minimum Gasteiger partial charge on any atom is -0.383 e. The molecule has 1 fully saturated rings. The lowest BCUT2D eigenvalue weighted by Gasteiger charge is -2.33. The van der Waals surface area contributed by atoms with Gasteiger partial charge in [-0.05, 0) is 28.4 Å². The smallest absolute Gasteiger partial charge is 0.184 e. The summed E-state index contributed by atoms with van der Waals surface area (Å²) in [6.07, 6.45) is 3.47. The molecule has 0 radical (unpaired) electrons. The molecule has 8 heteroatoms. The lowest BCUT2D eigenvalue weighted by Crippen LogP contribution is -2.42. The minimum atomic E-state index is -0.946. The normalized spacial score (nSPS) is 23.8. The Hall–Kier alpha value is -1.17. The number of methoxy groups -OCH3 is 1. The second-order valence-corrected chi connectivity index (χ2v) is 6.41. The van der Waals surface area contributed by atoms with E-state index in [0.717, 1.165) is 24.9 Å². The lowest BCUT2D eigenvalue weighted by atomic mass is 9.94. The first-order valence-electron chi connectivity index (χ1n) is 7.46. The summed E-state index contributed by atoms with van der Waals surface area (Å²) in [6.45, 7) is 4.72. The van der Waals surface area contributed by atoms with Crippen molar-refractivity contribution in [2.24, 2.45) is 0 Å². The van der Waals surface area contributed by atoms with Crippen LogP contribution in [-0.4, -0.2) is 70.6 Å². The van der Waals surface area contributed by atoms with Gasteiger partial charge in [0.2, 0.25) is 0 Å². The third-order valence-corrected chi connectivity index (χ3v) is 4.76. The lowest BCUT2D eigenvalue weighted by molar-refractivity contribution is 0.0844. The zero-order chi connectivity index (χ0) is 15.5. The van der Waals surface area contributed by atoms with Crippen LogP contribution in [0.1, 0.15) is 18.2 Å². The van der Waals surface area contributed by atoms with Crippen LogP contribution in [0.5, 0.6) is 0 Å². The van der Waals surface area contributed by atoms with Crippen molar-refractivity contribution in [2.45, 2.75) is 18.5 Å². The van der Waals surface area contributed by atoms with Crippen LogP contribution in [0.4, 0.5) is 4.39 Å². The molecule has 1 aliphatic heterocycles. The van der Waals surface area contributed by atoms with Gasteiger partial charge in [-0.1, -0.05) is 0 Å². The molecule has 6 nitrogen and oxygen atoms in total. The van der Waals surface area contributed by atoms with E-state index in [4.69, 9.17) is 4.74 Å². The molecule has 1 aliphatic rings. The van der Waals surface area contributed by atoms with Gasteiger partial charge in [-0.15, -0.1) is 5.10 Å². The molecule has 120 valence electrons. The van der Waals surface area contributed by atoms with Crippen LogP contribution >= 0.6 is 8.73 Å². The van der Waals surface area contributed by atoms with Crippen molar-refractivity contribution < 1.29 is 9.13 Å². The fourth-order valence-corrected chi connectivity index (χ4v) is 3.27. The molecule has 0 aliphatic carbocycles. The summed E-state index contributed by atoms with van der Waals surface area (Å²) in [7, 11) is 2.22. The number of likely N-dealkylation sites (tertiary alicyclic amines) is 1. The summed E-state index contributed by atoms with van der Waals surface area (Å²) in [4.78, 5) is 10.9. The molecule has 0 aromatic carbocycles. The molecule has 0 amide bonds. The molecule has 3 heterocycles. The number of hydrogen-bond acceptors (Lipinski definition) is 5. The van der Waals surface area contributed by atoms with Gasteiger partial charge in [-0.25, -0.2) is 14.4 Å². The number of ether oxygens (including phenoxy) is 1. The van der Waals surface area contributed by atoms with Crippen LogP contribution in [0.25, 0.3) is 11.0 Å². The maximum absolute atomic E-state index is 14.5. The van der Waals surface area contributed by atoms with Gasteiger partial charge in [0.15, 0.2) is 5.65 Å². The zero-order valence-electron chi connectivity index (χ0n) is 12.9. The number of alkyl halides is 1. The van der Waals surface area contributed by atoms with Crippen molar-refractivity contribution in [1.29, 1.82) is 0 Å². The number of nitrogens with zero attached hydrogens (tertiary/aromatic N) is 5. The molecule has 2 aromatic heterocycles. The predicted octanol–water partition coefficient (Wildman–Crippen LogP) is 1.67. The molecule has 1 saturated heterocycles. The van der Waals surface area contributed by atoms with E-state index in [-0.39, 0.29) is 5.92 Å². The number of fused-ring (bicyclic) bond motifs is 1. The molecule has 2 aromatic rings. The van der Waals surface area contributed by atoms with Gasteiger partial charge in [0.05, 0.1) is 17.9 Å². The highest BCUT2D eigenvalue weighted by atomic mass is 31.1. The number of aromatic nitrogens is 4. The van der Waals surface area contributed by atoms with Gasteiger partial charge in [0, 0.05) is 32.6 Å². The summed E-state index contributed by atoms with van der Waals surface area (Å²) in [5.41, 5.74) is 0.661. The highest BCUT2D eigenvalue weighted by Gasteiger charge is 2.32. The zero-order valence-corrected chi connectivity index (χ0v) is 13.9. The second kappa shape index (κ2) is 6.94. The fraction of sp³-hybridized carbons (Fsp3) is 0.643. The van der Waals surface area contributed by atoms with Crippen molar-refractivity contribution in [3.05, 3.63) is 18.2 Å². The highest BCUT2D eigenvalue weighted by molar-refractivity contribution is 7.35. The van der Waals surface area contributed by atoms with Gasteiger partial charge in [-0.2, -0.15) is 0 Å². The quantitative estimate of drug-likeness (QED) is 0.783. The first-order valence-corrected chi connectivity index (χ1v) is 8.91. The van der Waals surface area contributed by atoms with E-state index in [1.807, 2.05) is 17.3 Å². The first kappa shape index (κ1) is 15.7. The fourth-order valence-electron chi connectivity index (χ4n) is 2.80. The molecule has 0 N–H and O–H groups in total. The van der Waals surface area contributed by atoms with E-state index in [9.17, 15) is 4.39 Å². The van der Waals surface area contributed by atoms with Crippen LogP contribution < -0.4 is 0 Å². The molecule has 3 rings (SSSR count). The van der Waals surface area contributed by atoms with Gasteiger partial charge in [-0.3, -0.25) is 9.35 Å². The van der Waals surface area contributed by atoms with E-state index >= 15 is 0 Å². The molecule has 0 bridgehead atoms. The Labute approximate surface area is 130 Å². The van der Waals surface area contributed by atoms with E-state index in [1.165, 1.54) is 0 Å². The van der Waals surface area contributed by atoms with Crippen molar-refractivity contribution in [3.63, 3.8) is 0 Å². The topological polar surface area (TPSA) is 56.1 Å². The summed E-state index contributed by atoms with van der Waals surface area (Å²) in [6, 6.07) is 0. The average molecular weight is 325 g/mol. The molecular weight excluding hydrogens is 304 g/mol. The molecule has 3 atom stereocenters. The van der Waals surface area contributed by atoms with Crippen molar-refractivity contribution in [3.8, 4) is 0 Å². The standard InChI is InChI=1S/C14H21FN5OP/c1-21-6-5-19-4-3-11(12(15)9-19)14-16-7-10-8-20(22-2)18-13(10)17-14/h7-8,11-12,22H,3-6,9H2,1-2H3. The molecule has 0 saturated carbocycles. The van der Waals surface area contributed by atoms with Gasteiger partial charge >= 0.3 is 0 Å². The van der Waals surface area contributed by atoms with Crippen LogP contribution in [0.2, 0.25) is 0 Å². The average Bonchev–Trinajstić information content (AvgIpc) is 2.95. The Kier molecular flexibility index (Phi) is 4.96. The Morgan fingerprint density at radius 3 is 3.09 bits per heavy atom. The second-order valence-electron chi connectivity index (χ2n) is 5.51. The largest absolute Gasteiger partial charge is 0.383 e. The first-order chi connectivity index (χ1) is 10.7. The van der Waals surface area contributed by atoms with Crippen molar-refractivity contribution in [1.82, 2.24) is 24.4 Å². The van der Waals surface area contributed by atoms with E-state index in [0.29, 0.717) is 33.4 Å². The number of rotatable bonds is 5. The third kappa shape index (κ3) is 3.26. The third-order valence-electron chi connectivity index (χ3n) is 4.08. The van der Waals surface area contributed by atoms with E-state index in [1.54, 1.807) is 13.3 Å².